The predicted molar refractivity (Wildman–Crippen MR) is 98.2 cm³/mol. The summed E-state index contributed by atoms with van der Waals surface area (Å²) >= 11 is 2.78. The molecule has 1 N–H and O–H groups in total. The number of thiophene rings is 1. The van der Waals surface area contributed by atoms with Crippen LogP contribution in [0.3, 0.4) is 0 Å². The topological polar surface area (TPSA) is 72.5 Å². The van der Waals surface area contributed by atoms with Crippen molar-refractivity contribution in [3.05, 3.63) is 46.7 Å². The molecule has 1 aliphatic heterocycles. The van der Waals surface area contributed by atoms with Gasteiger partial charge in [0, 0.05) is 11.3 Å². The Hall–Kier alpha value is -2.12. The molecule has 1 amide bonds. The lowest BCUT2D eigenvalue weighted by atomic mass is 10.2. The first-order valence-electron chi connectivity index (χ1n) is 7.92. The molecule has 0 bridgehead atoms. The number of para-hydroxylation sites is 1. The van der Waals surface area contributed by atoms with Crippen molar-refractivity contribution >= 4 is 46.4 Å². The van der Waals surface area contributed by atoms with Crippen molar-refractivity contribution < 1.29 is 19.1 Å². The lowest BCUT2D eigenvalue weighted by Gasteiger charge is -2.23. The van der Waals surface area contributed by atoms with Crippen molar-refractivity contribution in [3.8, 4) is 0 Å². The maximum Gasteiger partial charge on any atom is 0.307 e. The molecule has 2 heterocycles. The van der Waals surface area contributed by atoms with E-state index in [2.05, 4.69) is 5.32 Å². The molecule has 0 saturated heterocycles. The monoisotopic (exact) mass is 375 g/mol. The van der Waals surface area contributed by atoms with E-state index in [0.717, 1.165) is 15.5 Å². The molecule has 0 unspecified atom stereocenters. The van der Waals surface area contributed by atoms with Crippen molar-refractivity contribution in [3.63, 3.8) is 0 Å². The highest BCUT2D eigenvalue weighted by atomic mass is 32.2. The fourth-order valence-corrected chi connectivity index (χ4v) is 4.21. The number of hydrogen-bond acceptors (Lipinski definition) is 6. The molecule has 1 aromatic heterocycles. The van der Waals surface area contributed by atoms with E-state index in [9.17, 15) is 14.4 Å². The van der Waals surface area contributed by atoms with Crippen LogP contribution in [0.25, 0.3) is 0 Å². The van der Waals surface area contributed by atoms with E-state index in [-0.39, 0.29) is 24.7 Å². The number of carbonyl (C=O) groups is 3. The van der Waals surface area contributed by atoms with Crippen LogP contribution in [0, 0.1) is 0 Å². The summed E-state index contributed by atoms with van der Waals surface area (Å²) in [5.74, 6) is -0.547. The van der Waals surface area contributed by atoms with Crippen LogP contribution in [0.15, 0.2) is 46.7 Å². The standard InChI is InChI=1S/C18H17NO4S2/c20-13(15-8-4-10-24-15)6-3-9-23-17(21)11-16-18(22)19-12-5-1-2-7-14(12)25-16/h1-2,4-5,7-8,10,16H,3,6,9,11H2,(H,19,22)/t16-/m1/s1. The number of esters is 1. The summed E-state index contributed by atoms with van der Waals surface area (Å²) in [5.41, 5.74) is 0.772. The minimum absolute atomic E-state index is 0.0176. The van der Waals surface area contributed by atoms with Crippen LogP contribution in [0.2, 0.25) is 0 Å². The van der Waals surface area contributed by atoms with Crippen LogP contribution in [-0.2, 0) is 14.3 Å². The maximum absolute atomic E-state index is 12.1. The third-order valence-electron chi connectivity index (χ3n) is 3.67. The molecule has 5 nitrogen and oxygen atoms in total. The zero-order valence-corrected chi connectivity index (χ0v) is 15.0. The van der Waals surface area contributed by atoms with Gasteiger partial charge in [-0.15, -0.1) is 23.1 Å². The van der Waals surface area contributed by atoms with Crippen LogP contribution in [0.1, 0.15) is 28.9 Å². The maximum atomic E-state index is 12.1. The Kier molecular flexibility index (Phi) is 5.88. The number of nitrogens with one attached hydrogen (secondary N) is 1. The smallest absolute Gasteiger partial charge is 0.307 e. The lowest BCUT2D eigenvalue weighted by Crippen LogP contribution is -2.31. The number of anilines is 1. The molecule has 0 saturated carbocycles. The number of carbonyl (C=O) groups excluding carboxylic acids is 3. The van der Waals surface area contributed by atoms with Gasteiger partial charge >= 0.3 is 5.97 Å². The van der Waals surface area contributed by atoms with Crippen LogP contribution < -0.4 is 5.32 Å². The van der Waals surface area contributed by atoms with Gasteiger partial charge in [-0.2, -0.15) is 0 Å². The number of rotatable bonds is 7. The van der Waals surface area contributed by atoms with Crippen molar-refractivity contribution in [2.45, 2.75) is 29.4 Å². The first-order valence-corrected chi connectivity index (χ1v) is 9.68. The highest BCUT2D eigenvalue weighted by molar-refractivity contribution is 8.01. The van der Waals surface area contributed by atoms with E-state index < -0.39 is 11.2 Å². The van der Waals surface area contributed by atoms with Gasteiger partial charge in [0.2, 0.25) is 5.91 Å². The number of hydrogen-bond donors (Lipinski definition) is 1. The molecule has 1 aliphatic rings. The number of amides is 1. The first-order chi connectivity index (χ1) is 12.1. The number of fused-ring (bicyclic) bond motifs is 1. The van der Waals surface area contributed by atoms with Crippen LogP contribution in [0.5, 0.6) is 0 Å². The average molecular weight is 375 g/mol. The third kappa shape index (κ3) is 4.70. The van der Waals surface area contributed by atoms with Gasteiger partial charge in [0.05, 0.1) is 28.8 Å². The minimum atomic E-state index is -0.491. The normalized spacial score (nSPS) is 16.0. The SMILES string of the molecule is O=C(C[C@H]1Sc2ccccc2NC1=O)OCCCC(=O)c1cccs1. The van der Waals surface area contributed by atoms with Crippen LogP contribution in [-0.4, -0.2) is 29.5 Å². The molecule has 0 spiro atoms. The fourth-order valence-electron chi connectivity index (χ4n) is 2.42. The third-order valence-corrected chi connectivity index (χ3v) is 5.85. The van der Waals surface area contributed by atoms with Gasteiger partial charge in [-0.05, 0) is 30.0 Å². The highest BCUT2D eigenvalue weighted by Crippen LogP contribution is 2.36. The van der Waals surface area contributed by atoms with Crippen molar-refractivity contribution in [2.24, 2.45) is 0 Å². The first kappa shape index (κ1) is 17.7. The number of benzene rings is 1. The summed E-state index contributed by atoms with van der Waals surface area (Å²) < 4.78 is 5.17. The molecule has 7 heteroatoms. The van der Waals surface area contributed by atoms with Crippen molar-refractivity contribution in [2.75, 3.05) is 11.9 Å². The van der Waals surface area contributed by atoms with E-state index in [1.807, 2.05) is 35.7 Å². The molecule has 1 aromatic carbocycles. The van der Waals surface area contributed by atoms with E-state index in [1.165, 1.54) is 23.1 Å². The van der Waals surface area contributed by atoms with Gasteiger partial charge in [0.1, 0.15) is 0 Å². The Morgan fingerprint density at radius 3 is 2.80 bits per heavy atom. The molecule has 25 heavy (non-hydrogen) atoms. The Morgan fingerprint density at radius 1 is 1.16 bits per heavy atom. The van der Waals surface area contributed by atoms with Crippen molar-refractivity contribution in [1.82, 2.24) is 0 Å². The summed E-state index contributed by atoms with van der Waals surface area (Å²) in [6.07, 6.45) is 0.846. The molecular weight excluding hydrogens is 358 g/mol. The second-order valence-electron chi connectivity index (χ2n) is 5.52. The summed E-state index contributed by atoms with van der Waals surface area (Å²) in [4.78, 5) is 37.5. The second-order valence-corrected chi connectivity index (χ2v) is 7.71. The van der Waals surface area contributed by atoms with E-state index in [1.54, 1.807) is 6.07 Å². The molecule has 2 aromatic rings. The molecular formula is C18H17NO4S2. The average Bonchev–Trinajstić information content (AvgIpc) is 3.14. The molecule has 1 atom stereocenters. The summed E-state index contributed by atoms with van der Waals surface area (Å²) in [5, 5.41) is 4.17. The lowest BCUT2D eigenvalue weighted by molar-refractivity contribution is -0.144. The van der Waals surface area contributed by atoms with Gasteiger partial charge in [0.25, 0.3) is 0 Å². The largest absolute Gasteiger partial charge is 0.466 e. The summed E-state index contributed by atoms with van der Waals surface area (Å²) in [7, 11) is 0. The van der Waals surface area contributed by atoms with Gasteiger partial charge in [-0.3, -0.25) is 14.4 Å². The predicted octanol–water partition coefficient (Wildman–Crippen LogP) is 3.76. The Balaban J connectivity index is 1.41. The van der Waals surface area contributed by atoms with Crippen molar-refractivity contribution in [1.29, 1.82) is 0 Å². The Bertz CT molecular complexity index is 773. The number of thioether (sulfide) groups is 1. The zero-order chi connectivity index (χ0) is 17.6. The van der Waals surface area contributed by atoms with E-state index >= 15 is 0 Å². The number of ether oxygens (including phenoxy) is 1. The summed E-state index contributed by atoms with van der Waals surface area (Å²) in [6.45, 7) is 0.186. The van der Waals surface area contributed by atoms with Crippen LogP contribution >= 0.6 is 23.1 Å². The van der Waals surface area contributed by atoms with Crippen LogP contribution in [0.4, 0.5) is 5.69 Å². The van der Waals surface area contributed by atoms with Gasteiger partial charge in [-0.1, -0.05) is 18.2 Å². The molecule has 0 radical (unpaired) electrons. The molecule has 3 rings (SSSR count). The quantitative estimate of drug-likeness (QED) is 0.453. The highest BCUT2D eigenvalue weighted by Gasteiger charge is 2.29. The molecule has 0 aliphatic carbocycles. The Morgan fingerprint density at radius 2 is 2.00 bits per heavy atom. The fraction of sp³-hybridized carbons (Fsp3) is 0.278. The van der Waals surface area contributed by atoms with Gasteiger partial charge in [-0.25, -0.2) is 0 Å². The summed E-state index contributed by atoms with van der Waals surface area (Å²) in [6, 6.07) is 11.1. The van der Waals surface area contributed by atoms with Gasteiger partial charge < -0.3 is 10.1 Å². The second kappa shape index (κ2) is 8.31. The molecule has 0 fully saturated rings. The van der Waals surface area contributed by atoms with E-state index in [4.69, 9.17) is 4.74 Å². The number of ketones is 1. The zero-order valence-electron chi connectivity index (χ0n) is 13.4. The van der Waals surface area contributed by atoms with Gasteiger partial charge in [0.15, 0.2) is 5.78 Å². The van der Waals surface area contributed by atoms with E-state index in [0.29, 0.717) is 12.8 Å². The minimum Gasteiger partial charge on any atom is -0.466 e. The molecule has 130 valence electrons. The Labute approximate surface area is 153 Å². The number of Topliss-reactive ketones (excluding diaryl/α,β-unsaturated/α-hetero) is 1.